The SMILES string of the molecule is CNc1ccc(C)c(O)c1Cl. The van der Waals surface area contributed by atoms with Gasteiger partial charge in [-0.05, 0) is 18.6 Å². The first kappa shape index (κ1) is 8.21. The number of nitrogens with one attached hydrogen (secondary N) is 1. The molecule has 11 heavy (non-hydrogen) atoms. The molecule has 1 rings (SSSR count). The van der Waals surface area contributed by atoms with E-state index in [4.69, 9.17) is 11.6 Å². The van der Waals surface area contributed by atoms with Gasteiger partial charge < -0.3 is 10.4 Å². The molecule has 2 N–H and O–H groups in total. The van der Waals surface area contributed by atoms with E-state index in [2.05, 4.69) is 5.32 Å². The highest BCUT2D eigenvalue weighted by molar-refractivity contribution is 6.34. The summed E-state index contributed by atoms with van der Waals surface area (Å²) in [5, 5.41) is 12.6. The Labute approximate surface area is 70.8 Å². The minimum Gasteiger partial charge on any atom is -0.506 e. The van der Waals surface area contributed by atoms with Crippen LogP contribution in [-0.4, -0.2) is 12.2 Å². The van der Waals surface area contributed by atoms with Crippen LogP contribution in [0.3, 0.4) is 0 Å². The van der Waals surface area contributed by atoms with E-state index in [-0.39, 0.29) is 5.75 Å². The van der Waals surface area contributed by atoms with Crippen molar-refractivity contribution in [2.75, 3.05) is 12.4 Å². The summed E-state index contributed by atoms with van der Waals surface area (Å²) in [5.41, 5.74) is 1.53. The highest BCUT2D eigenvalue weighted by Gasteiger charge is 2.05. The number of hydrogen-bond acceptors (Lipinski definition) is 2. The number of aromatic hydroxyl groups is 1. The Balaban J connectivity index is 3.25. The van der Waals surface area contributed by atoms with Gasteiger partial charge in [0.2, 0.25) is 0 Å². The Morgan fingerprint density at radius 1 is 1.45 bits per heavy atom. The van der Waals surface area contributed by atoms with E-state index in [0.717, 1.165) is 11.3 Å². The highest BCUT2D eigenvalue weighted by atomic mass is 35.5. The van der Waals surface area contributed by atoms with E-state index < -0.39 is 0 Å². The van der Waals surface area contributed by atoms with Crippen molar-refractivity contribution in [3.8, 4) is 5.75 Å². The van der Waals surface area contributed by atoms with E-state index in [9.17, 15) is 5.11 Å². The molecule has 60 valence electrons. The summed E-state index contributed by atoms with van der Waals surface area (Å²) in [5.74, 6) is 0.151. The van der Waals surface area contributed by atoms with Gasteiger partial charge in [-0.2, -0.15) is 0 Å². The van der Waals surface area contributed by atoms with Gasteiger partial charge in [0.25, 0.3) is 0 Å². The number of anilines is 1. The molecular weight excluding hydrogens is 162 g/mol. The lowest BCUT2D eigenvalue weighted by Gasteiger charge is -2.06. The lowest BCUT2D eigenvalue weighted by Crippen LogP contribution is -1.89. The maximum absolute atomic E-state index is 9.35. The Bertz CT molecular complexity index is 273. The van der Waals surface area contributed by atoms with E-state index in [1.165, 1.54) is 0 Å². The first-order valence-electron chi connectivity index (χ1n) is 3.32. The second-order valence-corrected chi connectivity index (χ2v) is 2.72. The predicted octanol–water partition coefficient (Wildman–Crippen LogP) is 2.40. The molecule has 0 saturated heterocycles. The molecule has 1 aromatic rings. The van der Waals surface area contributed by atoms with Crippen LogP contribution in [0.15, 0.2) is 12.1 Å². The fourth-order valence-electron chi connectivity index (χ4n) is 0.854. The quantitative estimate of drug-likeness (QED) is 0.680. The molecule has 0 aliphatic carbocycles. The van der Waals surface area contributed by atoms with E-state index in [0.29, 0.717) is 5.02 Å². The summed E-state index contributed by atoms with van der Waals surface area (Å²) in [6.07, 6.45) is 0. The van der Waals surface area contributed by atoms with Gasteiger partial charge in [-0.25, -0.2) is 0 Å². The third-order valence-electron chi connectivity index (χ3n) is 1.59. The van der Waals surface area contributed by atoms with Crippen molar-refractivity contribution in [2.24, 2.45) is 0 Å². The van der Waals surface area contributed by atoms with Crippen LogP contribution in [0.1, 0.15) is 5.56 Å². The Morgan fingerprint density at radius 2 is 2.09 bits per heavy atom. The maximum Gasteiger partial charge on any atom is 0.139 e. The van der Waals surface area contributed by atoms with Gasteiger partial charge in [0.15, 0.2) is 0 Å². The fourth-order valence-corrected chi connectivity index (χ4v) is 1.16. The van der Waals surface area contributed by atoms with Gasteiger partial charge in [0, 0.05) is 7.05 Å². The van der Waals surface area contributed by atoms with Gasteiger partial charge in [-0.3, -0.25) is 0 Å². The number of phenolic OH excluding ortho intramolecular Hbond substituents is 1. The second-order valence-electron chi connectivity index (χ2n) is 2.34. The Hall–Kier alpha value is -0.890. The average molecular weight is 172 g/mol. The molecule has 0 aliphatic rings. The minimum absolute atomic E-state index is 0.151. The van der Waals surface area contributed by atoms with Crippen LogP contribution < -0.4 is 5.32 Å². The zero-order chi connectivity index (χ0) is 8.43. The minimum atomic E-state index is 0.151. The van der Waals surface area contributed by atoms with Gasteiger partial charge >= 0.3 is 0 Å². The van der Waals surface area contributed by atoms with Crippen molar-refractivity contribution in [3.05, 3.63) is 22.7 Å². The van der Waals surface area contributed by atoms with Crippen molar-refractivity contribution in [3.63, 3.8) is 0 Å². The molecule has 0 aliphatic heterocycles. The molecule has 0 atom stereocenters. The number of halogens is 1. The Morgan fingerprint density at radius 3 is 2.64 bits per heavy atom. The molecule has 0 radical (unpaired) electrons. The largest absolute Gasteiger partial charge is 0.506 e. The van der Waals surface area contributed by atoms with Crippen LogP contribution in [0.5, 0.6) is 5.75 Å². The molecule has 0 bridgehead atoms. The molecule has 0 saturated carbocycles. The van der Waals surface area contributed by atoms with Crippen molar-refractivity contribution in [2.45, 2.75) is 6.92 Å². The molecule has 0 spiro atoms. The van der Waals surface area contributed by atoms with E-state index >= 15 is 0 Å². The summed E-state index contributed by atoms with van der Waals surface area (Å²) in [4.78, 5) is 0. The summed E-state index contributed by atoms with van der Waals surface area (Å²) in [6, 6.07) is 3.64. The number of rotatable bonds is 1. The first-order valence-corrected chi connectivity index (χ1v) is 3.70. The van der Waals surface area contributed by atoms with Crippen molar-refractivity contribution in [1.82, 2.24) is 0 Å². The molecule has 0 amide bonds. The summed E-state index contributed by atoms with van der Waals surface area (Å²) < 4.78 is 0. The Kier molecular flexibility index (Phi) is 2.25. The number of phenols is 1. The molecule has 3 heteroatoms. The standard InChI is InChI=1S/C8H10ClNO/c1-5-3-4-6(10-2)7(9)8(5)11/h3-4,10-11H,1-2H3. The van der Waals surface area contributed by atoms with Gasteiger partial charge in [0.1, 0.15) is 10.8 Å². The van der Waals surface area contributed by atoms with Crippen molar-refractivity contribution in [1.29, 1.82) is 0 Å². The summed E-state index contributed by atoms with van der Waals surface area (Å²) in [6.45, 7) is 1.81. The lowest BCUT2D eigenvalue weighted by molar-refractivity contribution is 0.471. The number of benzene rings is 1. The van der Waals surface area contributed by atoms with Crippen molar-refractivity contribution < 1.29 is 5.11 Å². The van der Waals surface area contributed by atoms with Gasteiger partial charge in [-0.15, -0.1) is 0 Å². The molecule has 0 unspecified atom stereocenters. The normalized spacial score (nSPS) is 9.73. The maximum atomic E-state index is 9.35. The summed E-state index contributed by atoms with van der Waals surface area (Å²) >= 11 is 5.79. The summed E-state index contributed by atoms with van der Waals surface area (Å²) in [7, 11) is 1.76. The molecule has 0 fully saturated rings. The topological polar surface area (TPSA) is 32.3 Å². The number of hydrogen-bond donors (Lipinski definition) is 2. The molecule has 2 nitrogen and oxygen atoms in total. The average Bonchev–Trinajstić information content (AvgIpc) is 2.01. The third-order valence-corrected chi connectivity index (χ3v) is 1.97. The van der Waals surface area contributed by atoms with Crippen LogP contribution in [0, 0.1) is 6.92 Å². The predicted molar refractivity (Wildman–Crippen MR) is 47.4 cm³/mol. The molecular formula is C8H10ClNO. The molecule has 1 aromatic carbocycles. The smallest absolute Gasteiger partial charge is 0.139 e. The second kappa shape index (κ2) is 3.01. The van der Waals surface area contributed by atoms with Crippen LogP contribution in [0.4, 0.5) is 5.69 Å². The monoisotopic (exact) mass is 171 g/mol. The van der Waals surface area contributed by atoms with Gasteiger partial charge in [-0.1, -0.05) is 17.7 Å². The van der Waals surface area contributed by atoms with Crippen LogP contribution >= 0.6 is 11.6 Å². The number of aryl methyl sites for hydroxylation is 1. The van der Waals surface area contributed by atoms with E-state index in [1.807, 2.05) is 12.1 Å². The molecule has 0 heterocycles. The third kappa shape index (κ3) is 1.40. The van der Waals surface area contributed by atoms with E-state index in [1.54, 1.807) is 14.0 Å². The van der Waals surface area contributed by atoms with Crippen molar-refractivity contribution >= 4 is 17.3 Å². The first-order chi connectivity index (χ1) is 5.16. The zero-order valence-corrected chi connectivity index (χ0v) is 7.24. The fraction of sp³-hybridized carbons (Fsp3) is 0.250. The van der Waals surface area contributed by atoms with Crippen LogP contribution in [0.2, 0.25) is 5.02 Å². The highest BCUT2D eigenvalue weighted by Crippen LogP contribution is 2.33. The molecule has 0 aromatic heterocycles. The zero-order valence-electron chi connectivity index (χ0n) is 6.48. The van der Waals surface area contributed by atoms with Crippen LogP contribution in [0.25, 0.3) is 0 Å². The van der Waals surface area contributed by atoms with Crippen LogP contribution in [-0.2, 0) is 0 Å². The lowest BCUT2D eigenvalue weighted by atomic mass is 10.2. The van der Waals surface area contributed by atoms with Gasteiger partial charge in [0.05, 0.1) is 5.69 Å².